The molecular weight excluding hydrogens is 363 g/mol. The molecule has 0 saturated carbocycles. The molecule has 0 aromatic carbocycles. The van der Waals surface area contributed by atoms with Crippen molar-refractivity contribution in [3.63, 3.8) is 0 Å². The largest absolute Gasteiger partial charge is 0 e. The Labute approximate surface area is 69.1 Å². The number of hydrogen-bond acceptors (Lipinski definition) is 1. The van der Waals surface area contributed by atoms with Crippen molar-refractivity contribution in [2.45, 2.75) is 0 Å². The molecule has 0 saturated heterocycles. The van der Waals surface area contributed by atoms with Crippen LogP contribution in [0.3, 0.4) is 0 Å². The van der Waals surface area contributed by atoms with Gasteiger partial charge in [-0.3, -0.25) is 0 Å². The second kappa shape index (κ2) is 19.6. The predicted octanol–water partition coefficient (Wildman–Crippen LogP) is -0.772. The van der Waals surface area contributed by atoms with Gasteiger partial charge in [-0.1, -0.05) is 0 Å². The van der Waals surface area contributed by atoms with Crippen LogP contribution in [0.25, 0.3) is 0 Å². The van der Waals surface area contributed by atoms with Gasteiger partial charge in [-0.2, -0.15) is 0 Å². The van der Waals surface area contributed by atoms with E-state index in [1.807, 2.05) is 0 Å². The first-order valence-electron chi connectivity index (χ1n) is 0.289. The molecule has 0 unspecified atom stereocenters. The van der Waals surface area contributed by atoms with E-state index >= 15 is 0 Å². The second-order valence-electron chi connectivity index (χ2n) is 0. The first kappa shape index (κ1) is 16.6. The van der Waals surface area contributed by atoms with Gasteiger partial charge in [-0.25, -0.2) is 0 Å². The summed E-state index contributed by atoms with van der Waals surface area (Å²) in [5.41, 5.74) is 0. The third kappa shape index (κ3) is 8.95. The van der Waals surface area contributed by atoms with Crippen LogP contribution in [-0.2, 0) is 45.6 Å². The molecule has 4 heavy (non-hydrogen) atoms. The summed E-state index contributed by atoms with van der Waals surface area (Å²) in [6, 6.07) is 0. The summed E-state index contributed by atoms with van der Waals surface area (Å²) in [6.07, 6.45) is 0. The van der Waals surface area contributed by atoms with Crippen LogP contribution in [0.2, 0.25) is 0 Å². The van der Waals surface area contributed by atoms with Crippen molar-refractivity contribution in [2.24, 2.45) is 0 Å². The molecule has 0 amide bonds. The predicted molar refractivity (Wildman–Crippen MR) is 7.84 cm³/mol. The van der Waals surface area contributed by atoms with Crippen LogP contribution in [0.1, 0.15) is 0 Å². The zero-order valence-corrected chi connectivity index (χ0v) is 10.6. The van der Waals surface area contributed by atoms with Gasteiger partial charge in [-0.05, 0) is 0 Å². The van der Waals surface area contributed by atoms with E-state index in [0.29, 0.717) is 0 Å². The van der Waals surface area contributed by atoms with Crippen molar-refractivity contribution < 1.29 is 45.6 Å². The van der Waals surface area contributed by atoms with E-state index < -0.39 is 0 Å². The smallest absolute Gasteiger partial charge is 0 e. The Hall–Kier alpha value is 2.07. The summed E-state index contributed by atoms with van der Waals surface area (Å²) in [6.45, 7) is 0. The maximum Gasteiger partial charge on any atom is 0 e. The van der Waals surface area contributed by atoms with E-state index in [-0.39, 0.29) is 67.2 Å². The first-order chi connectivity index (χ1) is 1.00. The van der Waals surface area contributed by atoms with Crippen molar-refractivity contribution in [1.29, 1.82) is 0 Å². The van der Waals surface area contributed by atoms with Crippen LogP contribution >= 0.6 is 0 Å². The van der Waals surface area contributed by atoms with Gasteiger partial charge in [0.1, 0.15) is 0 Å². The topological polar surface area (TPSA) is 17.1 Å². The SMILES string of the molecule is [O]=[InH].[Ti].[W]. The zero-order valence-electron chi connectivity index (χ0n) is 2.02. The molecule has 0 aromatic heterocycles. The van der Waals surface area contributed by atoms with Crippen LogP contribution in [-0.4, -0.2) is 24.4 Å². The van der Waals surface area contributed by atoms with E-state index in [0.717, 1.165) is 0 Å². The molecule has 0 spiro atoms. The molecule has 20 valence electrons. The van der Waals surface area contributed by atoms with Crippen LogP contribution in [0, 0.1) is 0 Å². The summed E-state index contributed by atoms with van der Waals surface area (Å²) in [5.74, 6) is 0. The molecule has 0 rings (SSSR count). The minimum Gasteiger partial charge on any atom is 0 e. The van der Waals surface area contributed by atoms with Crippen molar-refractivity contribution in [3.8, 4) is 0 Å². The van der Waals surface area contributed by atoms with Gasteiger partial charge >= 0.3 is 27.2 Å². The minimum atomic E-state index is -0.1000. The normalized spacial score (nSPS) is 0.750. The quantitative estimate of drug-likeness (QED) is 0.517. The molecule has 0 aromatic rings. The average Bonchev–Trinajstić information content (AvgIpc) is 1.00. The minimum absolute atomic E-state index is 0. The van der Waals surface area contributed by atoms with Gasteiger partial charge in [0, 0.05) is 42.8 Å². The van der Waals surface area contributed by atoms with Gasteiger partial charge in [0.15, 0.2) is 0 Å². The molecule has 0 aliphatic carbocycles. The number of rotatable bonds is 0. The Bertz CT molecular complexity index is 8.00. The van der Waals surface area contributed by atoms with Gasteiger partial charge < -0.3 is 0 Å². The molecule has 0 N–H and O–H groups in total. The Morgan fingerprint density at radius 3 is 1.25 bits per heavy atom. The summed E-state index contributed by atoms with van der Waals surface area (Å²) in [4.78, 5) is 0. The van der Waals surface area contributed by atoms with Crippen LogP contribution in [0.15, 0.2) is 0 Å². The van der Waals surface area contributed by atoms with Crippen molar-refractivity contribution in [3.05, 3.63) is 0 Å². The van der Waals surface area contributed by atoms with E-state index in [9.17, 15) is 0 Å². The van der Waals surface area contributed by atoms with E-state index in [4.69, 9.17) is 2.85 Å². The Morgan fingerprint density at radius 2 is 1.25 bits per heavy atom. The molecule has 0 heterocycles. The third-order valence-corrected chi connectivity index (χ3v) is 0. The molecule has 4 heteroatoms. The molecule has 1 nitrogen and oxygen atoms in total. The molecule has 0 aliphatic heterocycles. The van der Waals surface area contributed by atoms with Crippen LogP contribution in [0.4, 0.5) is 0 Å². The Balaban J connectivity index is -0.00000000500. The van der Waals surface area contributed by atoms with Crippen LogP contribution in [0.5, 0.6) is 0 Å². The van der Waals surface area contributed by atoms with Gasteiger partial charge in [0.05, 0.1) is 0 Å². The fourth-order valence-corrected chi connectivity index (χ4v) is 0. The first-order valence-corrected chi connectivity index (χ1v) is 1.94. The van der Waals surface area contributed by atoms with Crippen molar-refractivity contribution in [1.82, 2.24) is 0 Å². The number of hydrogen-bond donors (Lipinski definition) is 0. The van der Waals surface area contributed by atoms with Crippen molar-refractivity contribution in [2.75, 3.05) is 0 Å². The van der Waals surface area contributed by atoms with Gasteiger partial charge in [0.2, 0.25) is 0 Å². The Morgan fingerprint density at radius 1 is 1.25 bits per heavy atom. The van der Waals surface area contributed by atoms with Crippen LogP contribution < -0.4 is 0 Å². The maximum atomic E-state index is 8.42. The molecule has 0 atom stereocenters. The zero-order chi connectivity index (χ0) is 2.00. The van der Waals surface area contributed by atoms with Crippen molar-refractivity contribution >= 4 is 24.4 Å². The molecular formula is HInOTiW. The third-order valence-electron chi connectivity index (χ3n) is 0. The average molecular weight is 364 g/mol. The summed E-state index contributed by atoms with van der Waals surface area (Å²) < 4.78 is 8.42. The monoisotopic (exact) mass is 364 g/mol. The molecule has 0 radical (unpaired) electrons. The second-order valence-corrected chi connectivity index (χ2v) is 0. The molecule has 0 fully saturated rings. The fraction of sp³-hybridized carbons (Fsp3) is 0. The molecule has 0 bridgehead atoms. The van der Waals surface area contributed by atoms with Gasteiger partial charge in [-0.15, -0.1) is 0 Å². The summed E-state index contributed by atoms with van der Waals surface area (Å²) in [7, 11) is 0. The van der Waals surface area contributed by atoms with E-state index in [1.165, 1.54) is 0 Å². The van der Waals surface area contributed by atoms with E-state index in [1.54, 1.807) is 0 Å². The fourth-order valence-electron chi connectivity index (χ4n) is 0. The maximum absolute atomic E-state index is 8.42. The van der Waals surface area contributed by atoms with Gasteiger partial charge in [0.25, 0.3) is 0 Å². The summed E-state index contributed by atoms with van der Waals surface area (Å²) >= 11 is -0.1000. The standard InChI is InChI=1S/In.O.Ti.W.H. The Kier molecular flexibility index (Phi) is 81.0. The summed E-state index contributed by atoms with van der Waals surface area (Å²) in [5, 5.41) is 0. The molecule has 0 aliphatic rings. The van der Waals surface area contributed by atoms with E-state index in [2.05, 4.69) is 0 Å².